The van der Waals surface area contributed by atoms with Crippen molar-refractivity contribution in [3.63, 3.8) is 0 Å². The number of nitrogens with two attached hydrogens (primary N) is 1. The summed E-state index contributed by atoms with van der Waals surface area (Å²) in [5, 5.41) is 23.8. The van der Waals surface area contributed by atoms with Crippen molar-refractivity contribution in [1.29, 1.82) is 0 Å². The maximum Gasteiger partial charge on any atom is 0.337 e. The maximum absolute atomic E-state index is 11.5. The number of aromatic carboxylic acids is 1. The van der Waals surface area contributed by atoms with Gasteiger partial charge >= 0.3 is 5.97 Å². The standard InChI is InChI=1S/C15H16ClN5O4/c1-5-11(21(24)25)10(16)6-8(2)12-9(15(22)23)7-20(19-4)13(12)14(17)18-3/h5-7H,2,4H2,1,3H3,(H2,17,18)(H,22,23)/b10-6+,11-5+. The Labute approximate surface area is 148 Å². The molecule has 0 aromatic carbocycles. The number of amidine groups is 1. The molecule has 132 valence electrons. The van der Waals surface area contributed by atoms with Crippen LogP contribution in [0.5, 0.6) is 0 Å². The van der Waals surface area contributed by atoms with Crippen molar-refractivity contribution in [2.45, 2.75) is 6.92 Å². The van der Waals surface area contributed by atoms with Crippen LogP contribution in [-0.4, -0.2) is 40.3 Å². The Morgan fingerprint density at radius 2 is 2.16 bits per heavy atom. The van der Waals surface area contributed by atoms with E-state index in [9.17, 15) is 20.0 Å². The van der Waals surface area contributed by atoms with E-state index in [0.29, 0.717) is 0 Å². The lowest BCUT2D eigenvalue weighted by Gasteiger charge is -2.08. The predicted molar refractivity (Wildman–Crippen MR) is 96.7 cm³/mol. The second-order valence-corrected chi connectivity index (χ2v) is 5.02. The van der Waals surface area contributed by atoms with Gasteiger partial charge in [0.1, 0.15) is 16.6 Å². The number of aromatic nitrogens is 1. The fourth-order valence-electron chi connectivity index (χ4n) is 2.07. The van der Waals surface area contributed by atoms with Crippen LogP contribution in [0.4, 0.5) is 0 Å². The number of nitrogens with zero attached hydrogens (tertiary/aromatic N) is 4. The summed E-state index contributed by atoms with van der Waals surface area (Å²) in [4.78, 5) is 25.6. The molecule has 9 nitrogen and oxygen atoms in total. The smallest absolute Gasteiger partial charge is 0.337 e. The molecule has 0 bridgehead atoms. The highest BCUT2D eigenvalue weighted by atomic mass is 35.5. The summed E-state index contributed by atoms with van der Waals surface area (Å²) in [6, 6.07) is 0. The normalized spacial score (nSPS) is 12.8. The number of allylic oxidation sites excluding steroid dienone is 4. The van der Waals surface area contributed by atoms with E-state index in [-0.39, 0.29) is 39.0 Å². The molecule has 0 radical (unpaired) electrons. The van der Waals surface area contributed by atoms with Crippen molar-refractivity contribution in [3.05, 3.63) is 62.6 Å². The van der Waals surface area contributed by atoms with Crippen molar-refractivity contribution in [1.82, 2.24) is 4.68 Å². The molecule has 1 rings (SSSR count). The van der Waals surface area contributed by atoms with E-state index in [1.807, 2.05) is 0 Å². The fourth-order valence-corrected chi connectivity index (χ4v) is 2.38. The van der Waals surface area contributed by atoms with E-state index in [4.69, 9.17) is 17.3 Å². The van der Waals surface area contributed by atoms with Gasteiger partial charge < -0.3 is 10.8 Å². The number of carboxylic acids is 1. The maximum atomic E-state index is 11.5. The number of aliphatic imine (C=N–C) groups is 1. The lowest BCUT2D eigenvalue weighted by molar-refractivity contribution is -0.419. The van der Waals surface area contributed by atoms with Gasteiger partial charge in [0.2, 0.25) is 0 Å². The molecule has 0 aliphatic rings. The first kappa shape index (κ1) is 19.8. The summed E-state index contributed by atoms with van der Waals surface area (Å²) in [7, 11) is 1.41. The Kier molecular flexibility index (Phi) is 6.40. The molecule has 0 spiro atoms. The molecule has 0 aliphatic carbocycles. The summed E-state index contributed by atoms with van der Waals surface area (Å²) in [6.45, 7) is 8.55. The highest BCUT2D eigenvalue weighted by Gasteiger charge is 2.25. The van der Waals surface area contributed by atoms with Gasteiger partial charge in [0.05, 0.1) is 10.5 Å². The van der Waals surface area contributed by atoms with Gasteiger partial charge in [0, 0.05) is 25.5 Å². The van der Waals surface area contributed by atoms with Crippen molar-refractivity contribution < 1.29 is 14.8 Å². The monoisotopic (exact) mass is 365 g/mol. The Balaban J connectivity index is 3.67. The van der Waals surface area contributed by atoms with Crippen LogP contribution in [0.1, 0.15) is 28.5 Å². The number of carboxylic acid groups (broad SMARTS) is 1. The first-order valence-corrected chi connectivity index (χ1v) is 7.13. The Bertz CT molecular complexity index is 848. The van der Waals surface area contributed by atoms with Crippen LogP contribution in [0.25, 0.3) is 5.57 Å². The van der Waals surface area contributed by atoms with Crippen molar-refractivity contribution in [3.8, 4) is 0 Å². The highest BCUT2D eigenvalue weighted by Crippen LogP contribution is 2.29. The fraction of sp³-hybridized carbons (Fsp3) is 0.133. The molecule has 1 aromatic heterocycles. The van der Waals surface area contributed by atoms with Crippen molar-refractivity contribution in [2.24, 2.45) is 15.8 Å². The van der Waals surface area contributed by atoms with Crippen LogP contribution in [0.3, 0.4) is 0 Å². The minimum absolute atomic E-state index is 0.0129. The van der Waals surface area contributed by atoms with Crippen LogP contribution in [-0.2, 0) is 0 Å². The van der Waals surface area contributed by atoms with E-state index < -0.39 is 10.9 Å². The van der Waals surface area contributed by atoms with E-state index in [2.05, 4.69) is 23.4 Å². The van der Waals surface area contributed by atoms with Crippen LogP contribution in [0.15, 0.2) is 45.8 Å². The number of hydrogen-bond acceptors (Lipinski definition) is 5. The Morgan fingerprint density at radius 3 is 2.56 bits per heavy atom. The molecule has 0 saturated carbocycles. The van der Waals surface area contributed by atoms with Gasteiger partial charge in [-0.25, -0.2) is 9.47 Å². The molecule has 1 heterocycles. The molecule has 0 atom stereocenters. The molecular formula is C15H16ClN5O4. The summed E-state index contributed by atoms with van der Waals surface area (Å²) in [5.74, 6) is -1.28. The molecule has 25 heavy (non-hydrogen) atoms. The quantitative estimate of drug-likeness (QED) is 0.251. The zero-order valence-electron chi connectivity index (χ0n) is 13.6. The largest absolute Gasteiger partial charge is 0.478 e. The molecule has 0 unspecified atom stereocenters. The van der Waals surface area contributed by atoms with Gasteiger partial charge in [0.25, 0.3) is 5.70 Å². The van der Waals surface area contributed by atoms with Crippen LogP contribution >= 0.6 is 11.6 Å². The summed E-state index contributed by atoms with van der Waals surface area (Å²) < 4.78 is 1.14. The SMILES string of the molecule is C=Nn1cc(C(=O)O)c(C(=C)/C=C(Cl)\C(=C/C)[N+](=O)[O-])c1C(N)=NC. The summed E-state index contributed by atoms with van der Waals surface area (Å²) in [5.41, 5.74) is 5.61. The molecule has 0 aliphatic heterocycles. The third-order valence-electron chi connectivity index (χ3n) is 3.19. The van der Waals surface area contributed by atoms with E-state index in [1.165, 1.54) is 32.3 Å². The number of nitro groups is 1. The third kappa shape index (κ3) is 4.01. The lowest BCUT2D eigenvalue weighted by Crippen LogP contribution is -2.18. The molecule has 1 aromatic rings. The first-order valence-electron chi connectivity index (χ1n) is 6.75. The minimum Gasteiger partial charge on any atom is -0.478 e. The van der Waals surface area contributed by atoms with Crippen molar-refractivity contribution in [2.75, 3.05) is 7.05 Å². The van der Waals surface area contributed by atoms with Gasteiger partial charge in [-0.05, 0) is 24.6 Å². The molecular weight excluding hydrogens is 350 g/mol. The molecule has 3 N–H and O–H groups in total. The van der Waals surface area contributed by atoms with Crippen molar-refractivity contribution >= 4 is 35.7 Å². The van der Waals surface area contributed by atoms with E-state index in [0.717, 1.165) is 4.68 Å². The Morgan fingerprint density at radius 1 is 1.56 bits per heavy atom. The van der Waals surface area contributed by atoms with E-state index in [1.54, 1.807) is 0 Å². The topological polar surface area (TPSA) is 136 Å². The average molecular weight is 366 g/mol. The second kappa shape index (κ2) is 8.06. The van der Waals surface area contributed by atoms with Crippen LogP contribution in [0.2, 0.25) is 0 Å². The van der Waals surface area contributed by atoms with E-state index >= 15 is 0 Å². The zero-order valence-corrected chi connectivity index (χ0v) is 14.3. The third-order valence-corrected chi connectivity index (χ3v) is 3.49. The molecule has 0 saturated heterocycles. The van der Waals surface area contributed by atoms with Gasteiger partial charge in [-0.15, -0.1) is 0 Å². The van der Waals surface area contributed by atoms with Gasteiger partial charge in [-0.2, -0.15) is 5.10 Å². The summed E-state index contributed by atoms with van der Waals surface area (Å²) in [6.07, 6.45) is 3.58. The zero-order chi connectivity index (χ0) is 19.3. The Hall–Kier alpha value is -3.20. The minimum atomic E-state index is -1.27. The van der Waals surface area contributed by atoms with Gasteiger partial charge in [-0.3, -0.25) is 15.1 Å². The number of carbonyl (C=O) groups is 1. The molecule has 0 fully saturated rings. The number of halogens is 1. The molecule has 10 heteroatoms. The predicted octanol–water partition coefficient (Wildman–Crippen LogP) is 2.30. The lowest BCUT2D eigenvalue weighted by atomic mass is 10.0. The summed E-state index contributed by atoms with van der Waals surface area (Å²) >= 11 is 5.96. The number of rotatable bonds is 7. The van der Waals surface area contributed by atoms with Crippen LogP contribution < -0.4 is 5.73 Å². The van der Waals surface area contributed by atoms with Crippen LogP contribution in [0, 0.1) is 10.1 Å². The average Bonchev–Trinajstić information content (AvgIpc) is 2.94. The second-order valence-electron chi connectivity index (χ2n) is 4.61. The van der Waals surface area contributed by atoms with Gasteiger partial charge in [-0.1, -0.05) is 18.2 Å². The first-order chi connectivity index (χ1) is 11.7. The molecule has 0 amide bonds. The van der Waals surface area contributed by atoms with Gasteiger partial charge in [0.15, 0.2) is 0 Å². The highest BCUT2D eigenvalue weighted by molar-refractivity contribution is 6.32. The number of hydrogen-bond donors (Lipinski definition) is 2.